The Morgan fingerprint density at radius 1 is 1.05 bits per heavy atom. The molecule has 6 nitrogen and oxygen atoms in total. The van der Waals surface area contributed by atoms with Crippen molar-refractivity contribution in [1.82, 2.24) is 0 Å². The molecule has 2 rings (SSSR count). The van der Waals surface area contributed by atoms with E-state index in [2.05, 4.69) is 10.2 Å². The minimum atomic E-state index is -0.401. The lowest BCUT2D eigenvalue weighted by atomic mass is 10.1. The molecule has 0 aliphatic carbocycles. The molecule has 0 aliphatic heterocycles. The summed E-state index contributed by atoms with van der Waals surface area (Å²) in [7, 11) is 0. The standard InChI is InChI=1S/C16H16N4O2/c1-11-2-6-13(7-3-11)15(21)22-14-8-4-12(5-9-14)10-19-20-16(17)18/h2-10H,1H3,(H4,17,18,20). The number of carbonyl (C=O) groups is 1. The van der Waals surface area contributed by atoms with Crippen LogP contribution in [-0.4, -0.2) is 18.1 Å². The van der Waals surface area contributed by atoms with Gasteiger partial charge in [0, 0.05) is 0 Å². The van der Waals surface area contributed by atoms with E-state index >= 15 is 0 Å². The number of nitrogens with two attached hydrogens (primary N) is 2. The number of esters is 1. The summed E-state index contributed by atoms with van der Waals surface area (Å²) < 4.78 is 5.29. The summed E-state index contributed by atoms with van der Waals surface area (Å²) in [5, 5.41) is 7.19. The van der Waals surface area contributed by atoms with Crippen LogP contribution >= 0.6 is 0 Å². The zero-order valence-electron chi connectivity index (χ0n) is 12.1. The first-order valence-corrected chi connectivity index (χ1v) is 6.55. The molecule has 0 atom stereocenters. The summed E-state index contributed by atoms with van der Waals surface area (Å²) in [4.78, 5) is 12.0. The van der Waals surface area contributed by atoms with Crippen molar-refractivity contribution in [2.45, 2.75) is 6.92 Å². The molecule has 0 fully saturated rings. The second-order valence-electron chi connectivity index (χ2n) is 4.59. The molecule has 112 valence electrons. The number of carbonyl (C=O) groups excluding carboxylic acids is 1. The van der Waals surface area contributed by atoms with Gasteiger partial charge < -0.3 is 16.2 Å². The summed E-state index contributed by atoms with van der Waals surface area (Å²) in [6.45, 7) is 1.96. The van der Waals surface area contributed by atoms with Crippen molar-refractivity contribution in [1.29, 1.82) is 0 Å². The van der Waals surface area contributed by atoms with Gasteiger partial charge in [-0.25, -0.2) is 4.79 Å². The van der Waals surface area contributed by atoms with Crippen LogP contribution in [0.1, 0.15) is 21.5 Å². The Labute approximate surface area is 128 Å². The molecule has 0 aliphatic rings. The average Bonchev–Trinajstić information content (AvgIpc) is 2.49. The fourth-order valence-corrected chi connectivity index (χ4v) is 1.64. The predicted molar refractivity (Wildman–Crippen MR) is 86.0 cm³/mol. The molecule has 0 aromatic heterocycles. The summed E-state index contributed by atoms with van der Waals surface area (Å²) in [5.41, 5.74) is 12.7. The van der Waals surface area contributed by atoms with E-state index in [0.29, 0.717) is 11.3 Å². The lowest BCUT2D eigenvalue weighted by molar-refractivity contribution is 0.0735. The molecular formula is C16H16N4O2. The van der Waals surface area contributed by atoms with Gasteiger partial charge in [-0.15, -0.1) is 5.10 Å². The van der Waals surface area contributed by atoms with E-state index in [0.717, 1.165) is 11.1 Å². The lowest BCUT2D eigenvalue weighted by Gasteiger charge is -2.04. The highest BCUT2D eigenvalue weighted by Crippen LogP contribution is 2.14. The highest BCUT2D eigenvalue weighted by molar-refractivity contribution is 5.91. The molecule has 0 bridgehead atoms. The summed E-state index contributed by atoms with van der Waals surface area (Å²) in [6.07, 6.45) is 1.49. The zero-order valence-corrected chi connectivity index (χ0v) is 12.1. The molecule has 0 saturated carbocycles. The van der Waals surface area contributed by atoms with Crippen LogP contribution in [0.2, 0.25) is 0 Å². The molecule has 0 spiro atoms. The highest BCUT2D eigenvalue weighted by Gasteiger charge is 2.07. The third-order valence-electron chi connectivity index (χ3n) is 2.76. The lowest BCUT2D eigenvalue weighted by Crippen LogP contribution is -2.21. The van der Waals surface area contributed by atoms with E-state index in [9.17, 15) is 4.79 Å². The van der Waals surface area contributed by atoms with Gasteiger partial charge in [0.25, 0.3) is 0 Å². The Morgan fingerprint density at radius 3 is 2.27 bits per heavy atom. The van der Waals surface area contributed by atoms with Gasteiger partial charge in [-0.3, -0.25) is 0 Å². The second kappa shape index (κ2) is 7.03. The van der Waals surface area contributed by atoms with Gasteiger partial charge in [0.15, 0.2) is 0 Å². The average molecular weight is 296 g/mol. The monoisotopic (exact) mass is 296 g/mol. The number of ether oxygens (including phenoxy) is 1. The Balaban J connectivity index is 2.02. The second-order valence-corrected chi connectivity index (χ2v) is 4.59. The number of hydrogen-bond acceptors (Lipinski definition) is 4. The van der Waals surface area contributed by atoms with Crippen LogP contribution in [0.3, 0.4) is 0 Å². The van der Waals surface area contributed by atoms with Gasteiger partial charge in [-0.2, -0.15) is 5.10 Å². The SMILES string of the molecule is Cc1ccc(C(=O)Oc2ccc(C=NN=C(N)N)cc2)cc1. The van der Waals surface area contributed by atoms with E-state index < -0.39 is 5.97 Å². The normalized spacial score (nSPS) is 10.4. The van der Waals surface area contributed by atoms with E-state index in [1.807, 2.05) is 19.1 Å². The fraction of sp³-hybridized carbons (Fsp3) is 0.0625. The zero-order chi connectivity index (χ0) is 15.9. The van der Waals surface area contributed by atoms with Crippen molar-refractivity contribution in [3.8, 4) is 5.75 Å². The minimum absolute atomic E-state index is 0.111. The van der Waals surface area contributed by atoms with Crippen molar-refractivity contribution in [3.05, 3.63) is 65.2 Å². The van der Waals surface area contributed by atoms with Crippen LogP contribution in [-0.2, 0) is 0 Å². The van der Waals surface area contributed by atoms with Gasteiger partial charge in [0.2, 0.25) is 5.96 Å². The number of aryl methyl sites for hydroxylation is 1. The Bertz CT molecular complexity index is 700. The summed E-state index contributed by atoms with van der Waals surface area (Å²) in [6, 6.07) is 14.0. The van der Waals surface area contributed by atoms with Crippen molar-refractivity contribution in [2.24, 2.45) is 21.7 Å². The van der Waals surface area contributed by atoms with Gasteiger partial charge >= 0.3 is 5.97 Å². The smallest absolute Gasteiger partial charge is 0.343 e. The first kappa shape index (κ1) is 15.2. The largest absolute Gasteiger partial charge is 0.423 e. The maximum absolute atomic E-state index is 12.0. The molecule has 0 radical (unpaired) electrons. The molecule has 22 heavy (non-hydrogen) atoms. The maximum Gasteiger partial charge on any atom is 0.343 e. The van der Waals surface area contributed by atoms with Crippen LogP contribution < -0.4 is 16.2 Å². The number of benzene rings is 2. The molecule has 0 amide bonds. The van der Waals surface area contributed by atoms with E-state index in [1.165, 1.54) is 6.21 Å². The molecule has 6 heteroatoms. The first-order valence-electron chi connectivity index (χ1n) is 6.55. The van der Waals surface area contributed by atoms with Crippen molar-refractivity contribution in [2.75, 3.05) is 0 Å². The van der Waals surface area contributed by atoms with E-state index in [4.69, 9.17) is 16.2 Å². The van der Waals surface area contributed by atoms with Crippen LogP contribution in [0.25, 0.3) is 0 Å². The molecule has 0 heterocycles. The summed E-state index contributed by atoms with van der Waals surface area (Å²) >= 11 is 0. The van der Waals surface area contributed by atoms with E-state index in [1.54, 1.807) is 36.4 Å². The van der Waals surface area contributed by atoms with E-state index in [-0.39, 0.29) is 5.96 Å². The molecule has 2 aromatic carbocycles. The number of guanidine groups is 1. The van der Waals surface area contributed by atoms with Crippen LogP contribution in [0.15, 0.2) is 58.7 Å². The number of hydrogen-bond donors (Lipinski definition) is 2. The van der Waals surface area contributed by atoms with Gasteiger partial charge in [0.05, 0.1) is 11.8 Å². The van der Waals surface area contributed by atoms with Crippen molar-refractivity contribution < 1.29 is 9.53 Å². The highest BCUT2D eigenvalue weighted by atomic mass is 16.5. The fourth-order valence-electron chi connectivity index (χ4n) is 1.64. The van der Waals surface area contributed by atoms with Crippen LogP contribution in [0, 0.1) is 6.92 Å². The predicted octanol–water partition coefficient (Wildman–Crippen LogP) is 1.82. The summed E-state index contributed by atoms with van der Waals surface area (Å²) in [5.74, 6) is -0.0635. The molecular weight excluding hydrogens is 280 g/mol. The number of nitrogens with zero attached hydrogens (tertiary/aromatic N) is 2. The Morgan fingerprint density at radius 2 is 1.68 bits per heavy atom. The molecule has 0 saturated heterocycles. The van der Waals surface area contributed by atoms with Crippen LogP contribution in [0.5, 0.6) is 5.75 Å². The third-order valence-corrected chi connectivity index (χ3v) is 2.76. The number of rotatable bonds is 4. The third kappa shape index (κ3) is 4.45. The van der Waals surface area contributed by atoms with Gasteiger partial charge in [-0.1, -0.05) is 17.7 Å². The quantitative estimate of drug-likeness (QED) is 0.295. The van der Waals surface area contributed by atoms with Crippen molar-refractivity contribution >= 4 is 18.1 Å². The Hall–Kier alpha value is -3.15. The topological polar surface area (TPSA) is 103 Å². The minimum Gasteiger partial charge on any atom is -0.423 e. The van der Waals surface area contributed by atoms with Gasteiger partial charge in [0.1, 0.15) is 5.75 Å². The molecule has 2 aromatic rings. The maximum atomic E-state index is 12.0. The van der Waals surface area contributed by atoms with Gasteiger partial charge in [-0.05, 0) is 48.9 Å². The molecule has 4 N–H and O–H groups in total. The van der Waals surface area contributed by atoms with Crippen LogP contribution in [0.4, 0.5) is 0 Å². The Kier molecular flexibility index (Phi) is 4.87. The van der Waals surface area contributed by atoms with Crippen molar-refractivity contribution in [3.63, 3.8) is 0 Å². The first-order chi connectivity index (χ1) is 10.5. The molecule has 0 unspecified atom stereocenters.